The Morgan fingerprint density at radius 1 is 1.31 bits per heavy atom. The summed E-state index contributed by atoms with van der Waals surface area (Å²) < 4.78 is 32.0. The largest absolute Gasteiger partial charge is 0.385 e. The Labute approximate surface area is 92.9 Å². The second-order valence-electron chi connectivity index (χ2n) is 4.36. The van der Waals surface area contributed by atoms with Crippen LogP contribution in [0.2, 0.25) is 0 Å². The van der Waals surface area contributed by atoms with Crippen LogP contribution in [-0.4, -0.2) is 18.3 Å². The van der Waals surface area contributed by atoms with E-state index in [0.717, 1.165) is 0 Å². The highest BCUT2D eigenvalue weighted by atomic mass is 19.2. The predicted molar refractivity (Wildman–Crippen MR) is 55.0 cm³/mol. The monoisotopic (exact) mass is 228 g/mol. The summed E-state index contributed by atoms with van der Waals surface area (Å²) in [6, 6.07) is 2.92. The normalized spacial score (nSPS) is 28.9. The molecular formula is C12H14F2O2. The maximum Gasteiger partial charge on any atom is 0.165 e. The van der Waals surface area contributed by atoms with Gasteiger partial charge in [-0.1, -0.05) is 12.1 Å². The Bertz CT molecular complexity index is 412. The van der Waals surface area contributed by atoms with Gasteiger partial charge in [0.15, 0.2) is 11.6 Å². The third-order valence-corrected chi connectivity index (χ3v) is 3.24. The minimum Gasteiger partial charge on any atom is -0.385 e. The highest BCUT2D eigenvalue weighted by Gasteiger charge is 2.46. The lowest BCUT2D eigenvalue weighted by Crippen LogP contribution is -2.46. The number of ether oxygens (including phenoxy) is 1. The first-order chi connectivity index (χ1) is 7.48. The van der Waals surface area contributed by atoms with Gasteiger partial charge in [-0.15, -0.1) is 0 Å². The minimum atomic E-state index is -1.28. The average molecular weight is 228 g/mol. The molecule has 2 nitrogen and oxygen atoms in total. The summed E-state index contributed by atoms with van der Waals surface area (Å²) in [6.07, 6.45) is 0.542. The van der Waals surface area contributed by atoms with E-state index < -0.39 is 17.2 Å². The number of aryl methyl sites for hydroxylation is 1. The molecule has 1 N–H and O–H groups in total. The van der Waals surface area contributed by atoms with Gasteiger partial charge in [0.05, 0.1) is 11.7 Å². The van der Waals surface area contributed by atoms with E-state index in [1.165, 1.54) is 26.2 Å². The number of halogens is 2. The van der Waals surface area contributed by atoms with Crippen molar-refractivity contribution in [1.82, 2.24) is 0 Å². The Balaban J connectivity index is 2.32. The fourth-order valence-electron chi connectivity index (χ4n) is 2.09. The van der Waals surface area contributed by atoms with Crippen molar-refractivity contribution in [3.8, 4) is 0 Å². The van der Waals surface area contributed by atoms with Crippen LogP contribution in [0.3, 0.4) is 0 Å². The van der Waals surface area contributed by atoms with Gasteiger partial charge in [-0.2, -0.15) is 0 Å². The van der Waals surface area contributed by atoms with Crippen LogP contribution in [-0.2, 0) is 10.3 Å². The van der Waals surface area contributed by atoms with Crippen molar-refractivity contribution < 1.29 is 18.6 Å². The van der Waals surface area contributed by atoms with Gasteiger partial charge < -0.3 is 9.84 Å². The predicted octanol–water partition coefficient (Wildman–Crippen LogP) is 2.27. The lowest BCUT2D eigenvalue weighted by atomic mass is 9.72. The van der Waals surface area contributed by atoms with Crippen molar-refractivity contribution in [2.45, 2.75) is 31.5 Å². The highest BCUT2D eigenvalue weighted by Crippen LogP contribution is 2.44. The first kappa shape index (κ1) is 11.5. The molecule has 0 amide bonds. The molecule has 0 aromatic heterocycles. The third kappa shape index (κ3) is 1.62. The lowest BCUT2D eigenvalue weighted by Gasteiger charge is -2.43. The fraction of sp³-hybridized carbons (Fsp3) is 0.500. The molecular weight excluding hydrogens is 214 g/mol. The average Bonchev–Trinajstić information content (AvgIpc) is 2.21. The van der Waals surface area contributed by atoms with E-state index >= 15 is 0 Å². The molecule has 88 valence electrons. The van der Waals surface area contributed by atoms with E-state index in [1.807, 2.05) is 0 Å². The quantitative estimate of drug-likeness (QED) is 0.841. The van der Waals surface area contributed by atoms with E-state index in [2.05, 4.69) is 0 Å². The molecule has 0 saturated heterocycles. The fourth-order valence-corrected chi connectivity index (χ4v) is 2.09. The van der Waals surface area contributed by atoms with Crippen molar-refractivity contribution >= 4 is 0 Å². The summed E-state index contributed by atoms with van der Waals surface area (Å²) >= 11 is 0. The van der Waals surface area contributed by atoms with Gasteiger partial charge in [-0.3, -0.25) is 0 Å². The molecule has 16 heavy (non-hydrogen) atoms. The van der Waals surface area contributed by atoms with Gasteiger partial charge in [-0.05, 0) is 12.5 Å². The first-order valence-corrected chi connectivity index (χ1v) is 5.18. The second kappa shape index (κ2) is 3.79. The number of hydrogen-bond acceptors (Lipinski definition) is 2. The van der Waals surface area contributed by atoms with Crippen LogP contribution >= 0.6 is 0 Å². The maximum absolute atomic E-state index is 13.6. The number of benzene rings is 1. The first-order valence-electron chi connectivity index (χ1n) is 5.18. The molecule has 1 aliphatic carbocycles. The van der Waals surface area contributed by atoms with Gasteiger partial charge in [0, 0.05) is 25.5 Å². The van der Waals surface area contributed by atoms with Gasteiger partial charge in [-0.25, -0.2) is 8.78 Å². The molecule has 1 saturated carbocycles. The van der Waals surface area contributed by atoms with Crippen molar-refractivity contribution in [1.29, 1.82) is 0 Å². The van der Waals surface area contributed by atoms with Crippen LogP contribution in [0.5, 0.6) is 0 Å². The number of hydrogen-bond donors (Lipinski definition) is 1. The minimum absolute atomic E-state index is 0.0314. The summed E-state index contributed by atoms with van der Waals surface area (Å²) in [6.45, 7) is 1.49. The second-order valence-corrected chi connectivity index (χ2v) is 4.36. The lowest BCUT2D eigenvalue weighted by molar-refractivity contribution is -0.134. The summed E-state index contributed by atoms with van der Waals surface area (Å²) in [4.78, 5) is 0. The molecule has 1 aliphatic rings. The number of methoxy groups -OCH3 is 1. The SMILES string of the molecule is COC1CC(O)(c2ccc(C)c(F)c2F)C1. The Morgan fingerprint density at radius 2 is 1.94 bits per heavy atom. The van der Waals surface area contributed by atoms with Crippen molar-refractivity contribution in [2.75, 3.05) is 7.11 Å². The van der Waals surface area contributed by atoms with Gasteiger partial charge in [0.2, 0.25) is 0 Å². The standard InChI is InChI=1S/C12H14F2O2/c1-7-3-4-9(11(14)10(7)13)12(15)5-8(6-12)16-2/h3-4,8,15H,5-6H2,1-2H3. The molecule has 1 aromatic rings. The molecule has 2 rings (SSSR count). The Morgan fingerprint density at radius 3 is 2.50 bits per heavy atom. The molecule has 0 atom stereocenters. The highest BCUT2D eigenvalue weighted by molar-refractivity contribution is 5.32. The molecule has 1 fully saturated rings. The zero-order valence-corrected chi connectivity index (χ0v) is 9.26. The zero-order chi connectivity index (χ0) is 11.9. The zero-order valence-electron chi connectivity index (χ0n) is 9.26. The van der Waals surface area contributed by atoms with Gasteiger partial charge >= 0.3 is 0 Å². The molecule has 4 heteroatoms. The molecule has 0 heterocycles. The van der Waals surface area contributed by atoms with Crippen LogP contribution in [0, 0.1) is 18.6 Å². The van der Waals surface area contributed by atoms with Crippen LogP contribution in [0.25, 0.3) is 0 Å². The van der Waals surface area contributed by atoms with E-state index in [-0.39, 0.29) is 17.2 Å². The summed E-state index contributed by atoms with van der Waals surface area (Å²) in [5.74, 6) is -1.83. The van der Waals surface area contributed by atoms with Crippen LogP contribution in [0.1, 0.15) is 24.0 Å². The topological polar surface area (TPSA) is 29.5 Å². The van der Waals surface area contributed by atoms with E-state index in [1.54, 1.807) is 0 Å². The third-order valence-electron chi connectivity index (χ3n) is 3.24. The molecule has 0 aliphatic heterocycles. The van der Waals surface area contributed by atoms with Crippen LogP contribution < -0.4 is 0 Å². The van der Waals surface area contributed by atoms with Gasteiger partial charge in [0.1, 0.15) is 0 Å². The molecule has 0 radical (unpaired) electrons. The molecule has 0 bridgehead atoms. The van der Waals surface area contributed by atoms with E-state index in [4.69, 9.17) is 4.74 Å². The molecule has 0 spiro atoms. The van der Waals surface area contributed by atoms with Crippen molar-refractivity contribution in [2.24, 2.45) is 0 Å². The summed E-state index contributed by atoms with van der Waals surface area (Å²) in [7, 11) is 1.54. The maximum atomic E-state index is 13.6. The van der Waals surface area contributed by atoms with Crippen LogP contribution in [0.15, 0.2) is 12.1 Å². The van der Waals surface area contributed by atoms with Crippen LogP contribution in [0.4, 0.5) is 8.78 Å². The smallest absolute Gasteiger partial charge is 0.165 e. The molecule has 1 aromatic carbocycles. The van der Waals surface area contributed by atoms with E-state index in [9.17, 15) is 13.9 Å². The summed E-state index contributed by atoms with van der Waals surface area (Å²) in [5, 5.41) is 10.1. The number of rotatable bonds is 2. The summed E-state index contributed by atoms with van der Waals surface area (Å²) in [5.41, 5.74) is -1.00. The van der Waals surface area contributed by atoms with Gasteiger partial charge in [0.25, 0.3) is 0 Å². The number of aliphatic hydroxyl groups is 1. The van der Waals surface area contributed by atoms with E-state index in [0.29, 0.717) is 12.8 Å². The Hall–Kier alpha value is -1.00. The Kier molecular flexibility index (Phi) is 2.72. The molecule has 0 unspecified atom stereocenters. The van der Waals surface area contributed by atoms with Crippen molar-refractivity contribution in [3.63, 3.8) is 0 Å². The van der Waals surface area contributed by atoms with Crippen molar-refractivity contribution in [3.05, 3.63) is 34.9 Å².